The van der Waals surface area contributed by atoms with E-state index in [1.165, 1.54) is 6.20 Å². The summed E-state index contributed by atoms with van der Waals surface area (Å²) in [6.07, 6.45) is 0.938. The van der Waals surface area contributed by atoms with Crippen molar-refractivity contribution >= 4 is 17.9 Å². The molecular formula is C23H30N6O5. The monoisotopic (exact) mass is 470 g/mol. The summed E-state index contributed by atoms with van der Waals surface area (Å²) in [5.74, 6) is -0.0632. The van der Waals surface area contributed by atoms with Crippen LogP contribution in [0.15, 0.2) is 41.3 Å². The summed E-state index contributed by atoms with van der Waals surface area (Å²) in [5, 5.41) is 2.78. The highest BCUT2D eigenvalue weighted by Crippen LogP contribution is 2.11. The number of carbonyl (C=O) groups excluding carboxylic acids is 2. The highest BCUT2D eigenvalue weighted by atomic mass is 16.6. The van der Waals surface area contributed by atoms with Gasteiger partial charge in [-0.3, -0.25) is 19.5 Å². The molecule has 2 saturated heterocycles. The van der Waals surface area contributed by atoms with Gasteiger partial charge in [0.25, 0.3) is 11.5 Å². The quantitative estimate of drug-likeness (QED) is 0.593. The van der Waals surface area contributed by atoms with Gasteiger partial charge in [-0.15, -0.1) is 0 Å². The standard InChI is InChI=1S/C23H30N6O5/c30-20(24-6-7-27-12-14-33-15-13-27)19-16-25-22(26-21(19)31)28-8-10-29(11-9-28)23(32)34-17-18-4-2-1-3-5-18/h1-5,16H,6-15,17H2,(H,24,30)(H,25,26,31). The van der Waals surface area contributed by atoms with Crippen molar-refractivity contribution in [1.82, 2.24) is 25.1 Å². The molecule has 2 aliphatic heterocycles. The van der Waals surface area contributed by atoms with Crippen molar-refractivity contribution < 1.29 is 19.1 Å². The summed E-state index contributed by atoms with van der Waals surface area (Å²) in [4.78, 5) is 49.9. The third kappa shape index (κ3) is 6.33. The first-order chi connectivity index (χ1) is 16.6. The molecule has 1 aromatic heterocycles. The van der Waals surface area contributed by atoms with E-state index >= 15 is 0 Å². The third-order valence-electron chi connectivity index (χ3n) is 5.89. The molecule has 2 amide bonds. The minimum Gasteiger partial charge on any atom is -0.445 e. The van der Waals surface area contributed by atoms with Gasteiger partial charge in [0, 0.05) is 58.6 Å². The number of hydrogen-bond donors (Lipinski definition) is 2. The number of piperazine rings is 1. The van der Waals surface area contributed by atoms with Crippen LogP contribution in [0.4, 0.5) is 10.7 Å². The molecule has 0 aliphatic carbocycles. The minimum atomic E-state index is -0.487. The van der Waals surface area contributed by atoms with E-state index in [1.54, 1.807) is 4.90 Å². The second-order valence-electron chi connectivity index (χ2n) is 8.17. The smallest absolute Gasteiger partial charge is 0.410 e. The number of nitrogens with zero attached hydrogens (tertiary/aromatic N) is 4. The molecule has 2 N–H and O–H groups in total. The van der Waals surface area contributed by atoms with Crippen molar-refractivity contribution in [3.05, 3.63) is 58.0 Å². The van der Waals surface area contributed by atoms with Crippen LogP contribution in [0.5, 0.6) is 0 Å². The number of benzene rings is 1. The van der Waals surface area contributed by atoms with Crippen LogP contribution in [0, 0.1) is 0 Å². The van der Waals surface area contributed by atoms with Gasteiger partial charge in [0.15, 0.2) is 0 Å². The maximum atomic E-state index is 12.5. The van der Waals surface area contributed by atoms with Gasteiger partial charge in [0.05, 0.1) is 13.2 Å². The lowest BCUT2D eigenvalue weighted by atomic mass is 10.2. The third-order valence-corrected chi connectivity index (χ3v) is 5.89. The van der Waals surface area contributed by atoms with Crippen LogP contribution >= 0.6 is 0 Å². The molecule has 0 radical (unpaired) electrons. The first-order valence-electron chi connectivity index (χ1n) is 11.5. The molecule has 0 saturated carbocycles. The Kier molecular flexibility index (Phi) is 8.10. The molecule has 11 nitrogen and oxygen atoms in total. The average molecular weight is 471 g/mol. The topological polar surface area (TPSA) is 120 Å². The molecule has 1 aromatic carbocycles. The lowest BCUT2D eigenvalue weighted by Gasteiger charge is -2.34. The van der Waals surface area contributed by atoms with Gasteiger partial charge in [0.1, 0.15) is 12.2 Å². The first-order valence-corrected chi connectivity index (χ1v) is 11.5. The Morgan fingerprint density at radius 2 is 1.79 bits per heavy atom. The van der Waals surface area contributed by atoms with Crippen LogP contribution < -0.4 is 15.8 Å². The number of anilines is 1. The molecule has 11 heteroatoms. The van der Waals surface area contributed by atoms with E-state index < -0.39 is 11.5 Å². The van der Waals surface area contributed by atoms with Crippen LogP contribution in [0.3, 0.4) is 0 Å². The lowest BCUT2D eigenvalue weighted by Crippen LogP contribution is -2.49. The summed E-state index contributed by atoms with van der Waals surface area (Å²) < 4.78 is 10.7. The predicted molar refractivity (Wildman–Crippen MR) is 125 cm³/mol. The fourth-order valence-corrected chi connectivity index (χ4v) is 3.87. The molecule has 4 rings (SSSR count). The van der Waals surface area contributed by atoms with E-state index in [4.69, 9.17) is 9.47 Å². The highest BCUT2D eigenvalue weighted by Gasteiger charge is 2.24. The molecule has 0 bridgehead atoms. The molecule has 0 spiro atoms. The highest BCUT2D eigenvalue weighted by molar-refractivity contribution is 5.93. The average Bonchev–Trinajstić information content (AvgIpc) is 2.88. The number of morpholine rings is 1. The summed E-state index contributed by atoms with van der Waals surface area (Å²) in [6, 6.07) is 9.52. The molecular weight excluding hydrogens is 440 g/mol. The number of rotatable bonds is 7. The zero-order chi connectivity index (χ0) is 23.8. The number of carbonyl (C=O) groups is 2. The number of aromatic nitrogens is 2. The van der Waals surface area contributed by atoms with Gasteiger partial charge in [0.2, 0.25) is 5.95 Å². The van der Waals surface area contributed by atoms with Gasteiger partial charge >= 0.3 is 6.09 Å². The van der Waals surface area contributed by atoms with Crippen molar-refractivity contribution in [2.75, 3.05) is 70.5 Å². The number of amides is 2. The van der Waals surface area contributed by atoms with E-state index in [0.717, 1.165) is 18.7 Å². The van der Waals surface area contributed by atoms with Crippen LogP contribution in [0.2, 0.25) is 0 Å². The first kappa shape index (κ1) is 23.7. The van der Waals surface area contributed by atoms with Gasteiger partial charge in [-0.05, 0) is 5.56 Å². The zero-order valence-electron chi connectivity index (χ0n) is 19.1. The molecule has 2 aliphatic rings. The second kappa shape index (κ2) is 11.6. The van der Waals surface area contributed by atoms with Crippen molar-refractivity contribution in [2.24, 2.45) is 0 Å². The van der Waals surface area contributed by atoms with Crippen LogP contribution in [0.25, 0.3) is 0 Å². The molecule has 0 atom stereocenters. The summed E-state index contributed by atoms with van der Waals surface area (Å²) in [6.45, 7) is 6.33. The van der Waals surface area contributed by atoms with Crippen LogP contribution in [-0.2, 0) is 16.1 Å². The number of H-pyrrole nitrogens is 1. The second-order valence-corrected chi connectivity index (χ2v) is 8.17. The Bertz CT molecular complexity index is 1020. The van der Waals surface area contributed by atoms with E-state index in [0.29, 0.717) is 58.4 Å². The Morgan fingerprint density at radius 3 is 2.50 bits per heavy atom. The summed E-state index contributed by atoms with van der Waals surface area (Å²) in [5.41, 5.74) is 0.425. The number of ether oxygens (including phenoxy) is 2. The fraction of sp³-hybridized carbons (Fsp3) is 0.478. The van der Waals surface area contributed by atoms with E-state index in [-0.39, 0.29) is 18.3 Å². The molecule has 34 heavy (non-hydrogen) atoms. The SMILES string of the molecule is O=C(NCCN1CCOCC1)c1cnc(N2CCN(C(=O)OCc3ccccc3)CC2)[nH]c1=O. The largest absolute Gasteiger partial charge is 0.445 e. The lowest BCUT2D eigenvalue weighted by molar-refractivity contribution is 0.0383. The molecule has 0 unspecified atom stereocenters. The molecule has 2 fully saturated rings. The Morgan fingerprint density at radius 1 is 1.06 bits per heavy atom. The van der Waals surface area contributed by atoms with E-state index in [2.05, 4.69) is 20.2 Å². The van der Waals surface area contributed by atoms with E-state index in [1.807, 2.05) is 35.2 Å². The van der Waals surface area contributed by atoms with Crippen LogP contribution in [0.1, 0.15) is 15.9 Å². The van der Waals surface area contributed by atoms with Crippen LogP contribution in [-0.4, -0.2) is 97.3 Å². The predicted octanol–water partition coefficient (Wildman–Crippen LogP) is 0.291. The van der Waals surface area contributed by atoms with Gasteiger partial charge < -0.3 is 24.6 Å². The number of nitrogens with one attached hydrogen (secondary N) is 2. The van der Waals surface area contributed by atoms with Gasteiger partial charge in [-0.1, -0.05) is 30.3 Å². The van der Waals surface area contributed by atoms with E-state index in [9.17, 15) is 14.4 Å². The van der Waals surface area contributed by atoms with Crippen molar-refractivity contribution in [3.8, 4) is 0 Å². The Hall–Kier alpha value is -3.44. The Labute approximate surface area is 197 Å². The molecule has 2 aromatic rings. The number of aromatic amines is 1. The summed E-state index contributed by atoms with van der Waals surface area (Å²) in [7, 11) is 0. The maximum Gasteiger partial charge on any atom is 0.410 e. The number of hydrogen-bond acceptors (Lipinski definition) is 8. The van der Waals surface area contributed by atoms with Crippen molar-refractivity contribution in [3.63, 3.8) is 0 Å². The molecule has 182 valence electrons. The van der Waals surface area contributed by atoms with Gasteiger partial charge in [-0.2, -0.15) is 0 Å². The maximum absolute atomic E-state index is 12.5. The van der Waals surface area contributed by atoms with Gasteiger partial charge in [-0.25, -0.2) is 9.78 Å². The minimum absolute atomic E-state index is 0.0196. The normalized spacial score (nSPS) is 16.8. The zero-order valence-corrected chi connectivity index (χ0v) is 19.1. The van der Waals surface area contributed by atoms with Crippen molar-refractivity contribution in [2.45, 2.75) is 6.61 Å². The molecule has 3 heterocycles. The Balaban J connectivity index is 1.23. The summed E-state index contributed by atoms with van der Waals surface area (Å²) >= 11 is 0. The van der Waals surface area contributed by atoms with Crippen molar-refractivity contribution in [1.29, 1.82) is 0 Å². The fourth-order valence-electron chi connectivity index (χ4n) is 3.87.